The number of hydrogen-bond acceptors (Lipinski definition) is 3. The second-order valence-corrected chi connectivity index (χ2v) is 4.98. The fraction of sp³-hybridized carbons (Fsp3) is 0.571. The van der Waals surface area contributed by atoms with Gasteiger partial charge in [0.05, 0.1) is 5.56 Å². The maximum atomic E-state index is 12.5. The molecule has 0 spiro atoms. The molecule has 4 nitrogen and oxygen atoms in total. The largest absolute Gasteiger partial charge is 0.372 e. The minimum atomic E-state index is 0.0987. The van der Waals surface area contributed by atoms with Crippen LogP contribution in [0.2, 0.25) is 0 Å². The van der Waals surface area contributed by atoms with Crippen LogP contribution in [0.5, 0.6) is 0 Å². The van der Waals surface area contributed by atoms with E-state index in [9.17, 15) is 4.79 Å². The Kier molecular flexibility index (Phi) is 4.18. The van der Waals surface area contributed by atoms with Gasteiger partial charge in [-0.15, -0.1) is 0 Å². The molecule has 1 N–H and O–H groups in total. The van der Waals surface area contributed by atoms with Gasteiger partial charge in [0.2, 0.25) is 0 Å². The quantitative estimate of drug-likeness (QED) is 0.872. The Morgan fingerprint density at radius 1 is 1.44 bits per heavy atom. The topological polar surface area (TPSA) is 45.2 Å². The Morgan fingerprint density at radius 3 is 3.06 bits per heavy atom. The van der Waals surface area contributed by atoms with Crippen LogP contribution in [-0.4, -0.2) is 35.9 Å². The van der Waals surface area contributed by atoms with Crippen LogP contribution in [-0.2, 0) is 0 Å². The number of rotatable bonds is 2. The molecule has 2 heterocycles. The number of anilines is 1. The van der Waals surface area contributed by atoms with Crippen molar-refractivity contribution in [1.82, 2.24) is 9.88 Å². The van der Waals surface area contributed by atoms with Crippen molar-refractivity contribution in [2.45, 2.75) is 26.2 Å². The molecule has 1 aromatic heterocycles. The first kappa shape index (κ1) is 12.9. The Hall–Kier alpha value is -1.58. The lowest BCUT2D eigenvalue weighted by molar-refractivity contribution is 0.0761. The zero-order valence-electron chi connectivity index (χ0n) is 11.1. The van der Waals surface area contributed by atoms with Crippen LogP contribution in [0.25, 0.3) is 0 Å². The molecule has 18 heavy (non-hydrogen) atoms. The second-order valence-electron chi connectivity index (χ2n) is 4.98. The minimum Gasteiger partial charge on any atom is -0.372 e. The third-order valence-electron chi connectivity index (χ3n) is 3.58. The third-order valence-corrected chi connectivity index (χ3v) is 3.58. The summed E-state index contributed by atoms with van der Waals surface area (Å²) in [6.45, 7) is 3.98. The summed E-state index contributed by atoms with van der Waals surface area (Å²) >= 11 is 0. The molecule has 0 saturated carbocycles. The van der Waals surface area contributed by atoms with Gasteiger partial charge >= 0.3 is 0 Å². The number of nitrogens with zero attached hydrogens (tertiary/aromatic N) is 2. The Morgan fingerprint density at radius 2 is 2.28 bits per heavy atom. The van der Waals surface area contributed by atoms with E-state index < -0.39 is 0 Å². The van der Waals surface area contributed by atoms with E-state index in [1.165, 1.54) is 6.42 Å². The van der Waals surface area contributed by atoms with Gasteiger partial charge in [-0.3, -0.25) is 4.79 Å². The van der Waals surface area contributed by atoms with Gasteiger partial charge in [0.15, 0.2) is 0 Å². The Labute approximate surface area is 108 Å². The molecule has 1 saturated heterocycles. The van der Waals surface area contributed by atoms with Gasteiger partial charge in [0, 0.05) is 26.3 Å². The van der Waals surface area contributed by atoms with Crippen LogP contribution >= 0.6 is 0 Å². The van der Waals surface area contributed by atoms with Crippen LogP contribution in [0, 0.1) is 5.92 Å². The third kappa shape index (κ3) is 2.81. The molecule has 1 aliphatic rings. The SMILES string of the molecule is CNc1ncccc1C(=O)N1CCCC(C)CC1. The summed E-state index contributed by atoms with van der Waals surface area (Å²) in [4.78, 5) is 18.6. The van der Waals surface area contributed by atoms with Crippen molar-refractivity contribution in [3.63, 3.8) is 0 Å². The smallest absolute Gasteiger partial charge is 0.257 e. The van der Waals surface area contributed by atoms with Gasteiger partial charge in [-0.2, -0.15) is 0 Å². The molecule has 1 aromatic rings. The molecule has 98 valence electrons. The van der Waals surface area contributed by atoms with Crippen LogP contribution in [0.4, 0.5) is 5.82 Å². The zero-order chi connectivity index (χ0) is 13.0. The molecule has 0 bridgehead atoms. The van der Waals surface area contributed by atoms with Crippen molar-refractivity contribution in [2.75, 3.05) is 25.5 Å². The van der Waals surface area contributed by atoms with Gasteiger partial charge < -0.3 is 10.2 Å². The molecule has 0 aromatic carbocycles. The van der Waals surface area contributed by atoms with Gasteiger partial charge in [-0.05, 0) is 37.3 Å². The normalized spacial score (nSPS) is 20.3. The molecule has 0 radical (unpaired) electrons. The van der Waals surface area contributed by atoms with Gasteiger partial charge in [-0.1, -0.05) is 6.92 Å². The highest BCUT2D eigenvalue weighted by molar-refractivity contribution is 5.98. The summed E-state index contributed by atoms with van der Waals surface area (Å²) in [5.74, 6) is 1.49. The summed E-state index contributed by atoms with van der Waals surface area (Å²) in [5, 5.41) is 2.98. The van der Waals surface area contributed by atoms with Crippen LogP contribution < -0.4 is 5.32 Å². The number of likely N-dealkylation sites (tertiary alicyclic amines) is 1. The van der Waals surface area contributed by atoms with Crippen molar-refractivity contribution >= 4 is 11.7 Å². The lowest BCUT2D eigenvalue weighted by atomic mass is 10.0. The summed E-state index contributed by atoms with van der Waals surface area (Å²) in [6.07, 6.45) is 5.12. The van der Waals surface area contributed by atoms with Crippen molar-refractivity contribution in [3.8, 4) is 0 Å². The average Bonchev–Trinajstić information content (AvgIpc) is 2.62. The van der Waals surface area contributed by atoms with Crippen molar-refractivity contribution in [1.29, 1.82) is 0 Å². The zero-order valence-corrected chi connectivity index (χ0v) is 11.1. The predicted octanol–water partition coefficient (Wildman–Crippen LogP) is 2.39. The van der Waals surface area contributed by atoms with E-state index in [0.29, 0.717) is 11.4 Å². The number of carbonyl (C=O) groups excluding carboxylic acids is 1. The van der Waals surface area contributed by atoms with Gasteiger partial charge in [0.25, 0.3) is 5.91 Å². The fourth-order valence-corrected chi connectivity index (χ4v) is 2.41. The molecular formula is C14H21N3O. The van der Waals surface area contributed by atoms with Crippen LogP contribution in [0.3, 0.4) is 0 Å². The molecule has 1 unspecified atom stereocenters. The maximum Gasteiger partial charge on any atom is 0.257 e. The van der Waals surface area contributed by atoms with E-state index >= 15 is 0 Å². The molecule has 2 rings (SSSR count). The Bertz CT molecular complexity index is 419. The molecule has 1 fully saturated rings. The number of amides is 1. The molecular weight excluding hydrogens is 226 g/mol. The fourth-order valence-electron chi connectivity index (χ4n) is 2.41. The number of pyridine rings is 1. The second kappa shape index (κ2) is 5.85. The lowest BCUT2D eigenvalue weighted by Gasteiger charge is -2.21. The van der Waals surface area contributed by atoms with E-state index in [1.807, 2.05) is 17.0 Å². The maximum absolute atomic E-state index is 12.5. The summed E-state index contributed by atoms with van der Waals surface area (Å²) in [7, 11) is 1.80. The van der Waals surface area contributed by atoms with Crippen molar-refractivity contribution < 1.29 is 4.79 Å². The Balaban J connectivity index is 2.15. The molecule has 1 amide bonds. The first-order valence-electron chi connectivity index (χ1n) is 6.64. The standard InChI is InChI=1S/C14H21N3O/c1-11-5-4-9-17(10-7-11)14(18)12-6-3-8-16-13(12)15-2/h3,6,8,11H,4-5,7,9-10H2,1-2H3,(H,15,16). The number of aromatic nitrogens is 1. The summed E-state index contributed by atoms with van der Waals surface area (Å²) in [5.41, 5.74) is 0.676. The number of hydrogen-bond donors (Lipinski definition) is 1. The van der Waals surface area contributed by atoms with Crippen LogP contribution in [0.1, 0.15) is 36.5 Å². The molecule has 1 atom stereocenters. The number of carbonyl (C=O) groups is 1. The predicted molar refractivity (Wildman–Crippen MR) is 72.7 cm³/mol. The first-order chi connectivity index (χ1) is 8.72. The number of nitrogens with one attached hydrogen (secondary N) is 1. The highest BCUT2D eigenvalue weighted by atomic mass is 16.2. The highest BCUT2D eigenvalue weighted by Gasteiger charge is 2.21. The van der Waals surface area contributed by atoms with E-state index in [2.05, 4.69) is 17.2 Å². The van der Waals surface area contributed by atoms with Crippen LogP contribution in [0.15, 0.2) is 18.3 Å². The van der Waals surface area contributed by atoms with Gasteiger partial charge in [-0.25, -0.2) is 4.98 Å². The summed E-state index contributed by atoms with van der Waals surface area (Å²) in [6, 6.07) is 3.66. The van der Waals surface area contributed by atoms with E-state index in [0.717, 1.165) is 31.8 Å². The minimum absolute atomic E-state index is 0.0987. The van der Waals surface area contributed by atoms with E-state index in [-0.39, 0.29) is 5.91 Å². The summed E-state index contributed by atoms with van der Waals surface area (Å²) < 4.78 is 0. The molecule has 0 aliphatic carbocycles. The monoisotopic (exact) mass is 247 g/mol. The lowest BCUT2D eigenvalue weighted by Crippen LogP contribution is -2.32. The van der Waals surface area contributed by atoms with Crippen molar-refractivity contribution in [3.05, 3.63) is 23.9 Å². The first-order valence-corrected chi connectivity index (χ1v) is 6.64. The van der Waals surface area contributed by atoms with Crippen molar-refractivity contribution in [2.24, 2.45) is 5.92 Å². The molecule has 1 aliphatic heterocycles. The molecule has 4 heteroatoms. The average molecular weight is 247 g/mol. The van der Waals surface area contributed by atoms with E-state index in [4.69, 9.17) is 0 Å². The van der Waals surface area contributed by atoms with E-state index in [1.54, 1.807) is 13.2 Å². The highest BCUT2D eigenvalue weighted by Crippen LogP contribution is 2.20. The van der Waals surface area contributed by atoms with Gasteiger partial charge in [0.1, 0.15) is 5.82 Å².